The average Bonchev–Trinajstić information content (AvgIpc) is 2.78. The third-order valence-corrected chi connectivity index (χ3v) is 3.23. The van der Waals surface area contributed by atoms with E-state index >= 15 is 0 Å². The number of aromatic nitrogens is 1. The number of aliphatic hydroxyl groups is 1. The van der Waals surface area contributed by atoms with Gasteiger partial charge in [-0.2, -0.15) is 0 Å². The largest absolute Gasteiger partial charge is 0.458 e. The molecule has 0 aliphatic carbocycles. The van der Waals surface area contributed by atoms with Crippen LogP contribution in [-0.2, 0) is 9.53 Å². The lowest BCUT2D eigenvalue weighted by atomic mass is 10.1. The second-order valence-corrected chi connectivity index (χ2v) is 4.79. The summed E-state index contributed by atoms with van der Waals surface area (Å²) in [7, 11) is 0. The van der Waals surface area contributed by atoms with Gasteiger partial charge in [0.05, 0.1) is 12.5 Å². The highest BCUT2D eigenvalue weighted by atomic mass is 16.5. The van der Waals surface area contributed by atoms with E-state index in [0.29, 0.717) is 6.42 Å². The maximum Gasteiger partial charge on any atom is 0.309 e. The second-order valence-electron chi connectivity index (χ2n) is 4.79. The zero-order chi connectivity index (χ0) is 13.2. The van der Waals surface area contributed by atoms with Crippen molar-refractivity contribution < 1.29 is 14.6 Å². The van der Waals surface area contributed by atoms with Gasteiger partial charge in [-0.1, -0.05) is 18.2 Å². The summed E-state index contributed by atoms with van der Waals surface area (Å²) in [5, 5.41) is 10.7. The van der Waals surface area contributed by atoms with Gasteiger partial charge in [0.15, 0.2) is 0 Å². The molecule has 19 heavy (non-hydrogen) atoms. The number of aromatic amines is 1. The van der Waals surface area contributed by atoms with Crippen LogP contribution in [0.1, 0.15) is 18.5 Å². The third-order valence-electron chi connectivity index (χ3n) is 3.23. The predicted molar refractivity (Wildman–Crippen MR) is 72.5 cm³/mol. The highest BCUT2D eigenvalue weighted by molar-refractivity contribution is 5.82. The van der Waals surface area contributed by atoms with Crippen LogP contribution in [0.5, 0.6) is 0 Å². The van der Waals surface area contributed by atoms with E-state index in [9.17, 15) is 9.90 Å². The molecule has 0 radical (unpaired) electrons. The summed E-state index contributed by atoms with van der Waals surface area (Å²) in [4.78, 5) is 14.5. The maximum atomic E-state index is 11.2. The lowest BCUT2D eigenvalue weighted by Gasteiger charge is -2.23. The lowest BCUT2D eigenvalue weighted by molar-refractivity contribution is -0.156. The number of aliphatic hydroxyl groups excluding tert-OH is 1. The summed E-state index contributed by atoms with van der Waals surface area (Å²) in [6, 6.07) is 10.0. The number of fused-ring (bicyclic) bond motifs is 1. The minimum atomic E-state index is -0.599. The van der Waals surface area contributed by atoms with Crippen LogP contribution in [0.3, 0.4) is 0 Å². The Hall–Kier alpha value is -2.07. The topological polar surface area (TPSA) is 62.3 Å². The monoisotopic (exact) mass is 257 g/mol. The molecule has 0 bridgehead atoms. The molecule has 2 aromatic rings. The molecular weight excluding hydrogens is 242 g/mol. The van der Waals surface area contributed by atoms with E-state index in [2.05, 4.69) is 4.98 Å². The van der Waals surface area contributed by atoms with Crippen LogP contribution in [0, 0.1) is 0 Å². The summed E-state index contributed by atoms with van der Waals surface area (Å²) in [6.07, 6.45) is 3.31. The number of hydrogen-bond donors (Lipinski definition) is 2. The molecule has 1 aromatic carbocycles. The van der Waals surface area contributed by atoms with Gasteiger partial charge in [-0.05, 0) is 29.7 Å². The SMILES string of the molecule is O=C1CC(O)CC(C=Cc2cc3ccccc3[nH]2)O1. The molecule has 4 heteroatoms. The Bertz CT molecular complexity index is 596. The molecule has 4 nitrogen and oxygen atoms in total. The number of H-pyrrole nitrogens is 1. The van der Waals surface area contributed by atoms with E-state index in [4.69, 9.17) is 4.74 Å². The zero-order valence-corrected chi connectivity index (χ0v) is 10.4. The Morgan fingerprint density at radius 1 is 1.37 bits per heavy atom. The second kappa shape index (κ2) is 4.90. The first-order valence-corrected chi connectivity index (χ1v) is 6.34. The van der Waals surface area contributed by atoms with Crippen molar-refractivity contribution in [2.75, 3.05) is 0 Å². The molecule has 0 spiro atoms. The van der Waals surface area contributed by atoms with Gasteiger partial charge in [0.25, 0.3) is 0 Å². The zero-order valence-electron chi connectivity index (χ0n) is 10.4. The molecule has 2 heterocycles. The van der Waals surface area contributed by atoms with Crippen molar-refractivity contribution >= 4 is 22.9 Å². The van der Waals surface area contributed by atoms with Gasteiger partial charge in [-0.15, -0.1) is 0 Å². The molecule has 3 rings (SSSR count). The van der Waals surface area contributed by atoms with Gasteiger partial charge in [0.1, 0.15) is 6.10 Å². The highest BCUT2D eigenvalue weighted by Gasteiger charge is 2.25. The van der Waals surface area contributed by atoms with Gasteiger partial charge in [-0.25, -0.2) is 0 Å². The molecule has 2 unspecified atom stereocenters. The first-order valence-electron chi connectivity index (χ1n) is 6.34. The fraction of sp³-hybridized carbons (Fsp3) is 0.267. The van der Waals surface area contributed by atoms with Gasteiger partial charge in [-0.3, -0.25) is 4.79 Å². The Morgan fingerprint density at radius 2 is 2.21 bits per heavy atom. The van der Waals surface area contributed by atoms with E-state index in [1.165, 1.54) is 0 Å². The normalized spacial score (nSPS) is 23.9. The molecule has 1 saturated heterocycles. The van der Waals surface area contributed by atoms with Gasteiger partial charge < -0.3 is 14.8 Å². The molecule has 0 amide bonds. The summed E-state index contributed by atoms with van der Waals surface area (Å²) in [6.45, 7) is 0. The van der Waals surface area contributed by atoms with Gasteiger partial charge in [0.2, 0.25) is 0 Å². The Balaban J connectivity index is 1.76. The van der Waals surface area contributed by atoms with Gasteiger partial charge >= 0.3 is 5.97 Å². The smallest absolute Gasteiger partial charge is 0.309 e. The number of carbonyl (C=O) groups excluding carboxylic acids is 1. The van der Waals surface area contributed by atoms with Crippen LogP contribution in [0.15, 0.2) is 36.4 Å². The minimum Gasteiger partial charge on any atom is -0.458 e. The van der Waals surface area contributed by atoms with Crippen molar-refractivity contribution in [3.8, 4) is 0 Å². The van der Waals surface area contributed by atoms with Crippen LogP contribution in [0.4, 0.5) is 0 Å². The maximum absolute atomic E-state index is 11.2. The van der Waals surface area contributed by atoms with E-state index in [0.717, 1.165) is 16.6 Å². The molecule has 0 saturated carbocycles. The number of esters is 1. The Labute approximate surface area is 110 Å². The van der Waals surface area contributed by atoms with Crippen LogP contribution >= 0.6 is 0 Å². The number of para-hydroxylation sites is 1. The molecule has 1 fully saturated rings. The number of cyclic esters (lactones) is 1. The molecule has 1 aliphatic heterocycles. The van der Waals surface area contributed by atoms with Crippen molar-refractivity contribution in [3.63, 3.8) is 0 Å². The first-order chi connectivity index (χ1) is 9.20. The number of rotatable bonds is 2. The number of benzene rings is 1. The predicted octanol–water partition coefficient (Wildman–Crippen LogP) is 2.25. The Kier molecular flexibility index (Phi) is 3.09. The van der Waals surface area contributed by atoms with Crippen molar-refractivity contribution in [3.05, 3.63) is 42.1 Å². The quantitative estimate of drug-likeness (QED) is 0.811. The molecule has 98 valence electrons. The molecular formula is C15H15NO3. The van der Waals surface area contributed by atoms with Crippen molar-refractivity contribution in [2.24, 2.45) is 0 Å². The molecule has 1 aromatic heterocycles. The van der Waals surface area contributed by atoms with Crippen molar-refractivity contribution in [1.29, 1.82) is 0 Å². The van der Waals surface area contributed by atoms with Crippen molar-refractivity contribution in [2.45, 2.75) is 25.0 Å². The van der Waals surface area contributed by atoms with E-state index in [-0.39, 0.29) is 18.5 Å². The van der Waals surface area contributed by atoms with Crippen LogP contribution in [0.2, 0.25) is 0 Å². The minimum absolute atomic E-state index is 0.0940. The first kappa shape index (κ1) is 12.0. The standard InChI is InChI=1S/C15H15NO3/c17-12-8-13(19-15(18)9-12)6-5-11-7-10-3-1-2-4-14(10)16-11/h1-7,12-13,16-17H,8-9H2. The number of ether oxygens (including phenoxy) is 1. The van der Waals surface area contributed by atoms with Crippen LogP contribution in [-0.4, -0.2) is 28.3 Å². The highest BCUT2D eigenvalue weighted by Crippen LogP contribution is 2.19. The number of hydrogen-bond acceptors (Lipinski definition) is 3. The van der Waals surface area contributed by atoms with Crippen LogP contribution < -0.4 is 0 Å². The summed E-state index contributed by atoms with van der Waals surface area (Å²) >= 11 is 0. The molecule has 1 aliphatic rings. The average molecular weight is 257 g/mol. The summed E-state index contributed by atoms with van der Waals surface area (Å²) < 4.78 is 5.15. The van der Waals surface area contributed by atoms with Crippen molar-refractivity contribution in [1.82, 2.24) is 4.98 Å². The van der Waals surface area contributed by atoms with E-state index in [1.807, 2.05) is 42.5 Å². The summed E-state index contributed by atoms with van der Waals surface area (Å²) in [5.41, 5.74) is 2.03. The Morgan fingerprint density at radius 3 is 3.00 bits per heavy atom. The summed E-state index contributed by atoms with van der Waals surface area (Å²) in [5.74, 6) is -0.343. The van der Waals surface area contributed by atoms with Gasteiger partial charge in [0, 0.05) is 17.6 Å². The molecule has 2 N–H and O–H groups in total. The number of nitrogens with one attached hydrogen (secondary N) is 1. The number of carbonyl (C=O) groups is 1. The van der Waals surface area contributed by atoms with E-state index < -0.39 is 6.10 Å². The molecule has 2 atom stereocenters. The third kappa shape index (κ3) is 2.69. The van der Waals surface area contributed by atoms with Crippen LogP contribution in [0.25, 0.3) is 17.0 Å². The fourth-order valence-electron chi connectivity index (χ4n) is 2.32. The fourth-order valence-corrected chi connectivity index (χ4v) is 2.32. The van der Waals surface area contributed by atoms with E-state index in [1.54, 1.807) is 0 Å². The lowest BCUT2D eigenvalue weighted by Crippen LogP contribution is -2.31.